The van der Waals surface area contributed by atoms with E-state index in [-0.39, 0.29) is 24.2 Å². The number of aryl methyl sites for hydroxylation is 1. The van der Waals surface area contributed by atoms with E-state index in [1.807, 2.05) is 13.8 Å². The van der Waals surface area contributed by atoms with Gasteiger partial charge in [0.25, 0.3) is 0 Å². The van der Waals surface area contributed by atoms with Crippen LogP contribution in [0.3, 0.4) is 0 Å². The van der Waals surface area contributed by atoms with Crippen molar-refractivity contribution in [3.05, 3.63) is 34.7 Å². The normalized spacial score (nSPS) is 17.4. The van der Waals surface area contributed by atoms with Gasteiger partial charge in [-0.05, 0) is 26.0 Å². The molecule has 0 saturated carbocycles. The lowest BCUT2D eigenvalue weighted by Crippen LogP contribution is -2.25. The molecular formula is C16H18ClN5O2. The maximum Gasteiger partial charge on any atom is 0.229 e. The number of amides is 2. The van der Waals surface area contributed by atoms with E-state index in [1.54, 1.807) is 35.0 Å². The van der Waals surface area contributed by atoms with Crippen molar-refractivity contribution in [2.24, 2.45) is 5.92 Å². The number of carbonyl (C=O) groups is 2. The van der Waals surface area contributed by atoms with Gasteiger partial charge in [0.15, 0.2) is 5.82 Å². The molecule has 3 heterocycles. The fourth-order valence-corrected chi connectivity index (χ4v) is 2.83. The molecule has 1 aliphatic heterocycles. The minimum absolute atomic E-state index is 0.00923. The predicted molar refractivity (Wildman–Crippen MR) is 90.2 cm³/mol. The second-order valence-electron chi connectivity index (χ2n) is 5.97. The molecule has 1 N–H and O–H groups in total. The topological polar surface area (TPSA) is 80.1 Å². The predicted octanol–water partition coefficient (Wildman–Crippen LogP) is 1.95. The maximum absolute atomic E-state index is 12.2. The van der Waals surface area contributed by atoms with Crippen LogP contribution >= 0.6 is 11.6 Å². The number of nitrogens with one attached hydrogen (secondary N) is 1. The number of likely N-dealkylation sites (tertiary alicyclic amines) is 1. The first-order valence-corrected chi connectivity index (χ1v) is 7.97. The molecule has 1 atom stereocenters. The summed E-state index contributed by atoms with van der Waals surface area (Å²) in [6, 6.07) is 3.52. The van der Waals surface area contributed by atoms with Crippen LogP contribution in [0.25, 0.3) is 5.82 Å². The minimum atomic E-state index is -0.322. The van der Waals surface area contributed by atoms with Crippen LogP contribution in [0.4, 0.5) is 5.69 Å². The van der Waals surface area contributed by atoms with Crippen LogP contribution in [0.15, 0.2) is 18.3 Å². The molecule has 2 aromatic heterocycles. The van der Waals surface area contributed by atoms with E-state index in [2.05, 4.69) is 15.4 Å². The fraction of sp³-hybridized carbons (Fsp3) is 0.375. The van der Waals surface area contributed by atoms with Gasteiger partial charge in [-0.15, -0.1) is 0 Å². The first kappa shape index (κ1) is 16.4. The van der Waals surface area contributed by atoms with Gasteiger partial charge < -0.3 is 10.2 Å². The van der Waals surface area contributed by atoms with E-state index in [9.17, 15) is 9.59 Å². The summed E-state index contributed by atoms with van der Waals surface area (Å²) in [5, 5.41) is 7.76. The van der Waals surface area contributed by atoms with Crippen molar-refractivity contribution in [2.45, 2.75) is 20.3 Å². The zero-order chi connectivity index (χ0) is 17.4. The molecule has 0 spiro atoms. The second-order valence-corrected chi connectivity index (χ2v) is 6.34. The summed E-state index contributed by atoms with van der Waals surface area (Å²) < 4.78 is 1.66. The van der Waals surface area contributed by atoms with Crippen molar-refractivity contribution in [1.29, 1.82) is 0 Å². The van der Waals surface area contributed by atoms with Crippen LogP contribution in [0.1, 0.15) is 17.8 Å². The van der Waals surface area contributed by atoms with E-state index >= 15 is 0 Å². The smallest absolute Gasteiger partial charge is 0.229 e. The number of hydrogen-bond donors (Lipinski definition) is 1. The van der Waals surface area contributed by atoms with Gasteiger partial charge >= 0.3 is 0 Å². The molecule has 1 saturated heterocycles. The first-order chi connectivity index (χ1) is 11.4. The van der Waals surface area contributed by atoms with Gasteiger partial charge in [-0.2, -0.15) is 5.10 Å². The van der Waals surface area contributed by atoms with E-state index in [1.165, 1.54) is 0 Å². The standard InChI is InChI=1S/C16H18ClN5O2/c1-9-15(17)10(2)22(20-9)13-5-4-12(7-18-13)19-16(24)11-6-14(23)21(3)8-11/h4-5,7,11H,6,8H2,1-3H3,(H,19,24). The molecule has 0 aliphatic carbocycles. The van der Waals surface area contributed by atoms with Crippen LogP contribution in [-0.2, 0) is 9.59 Å². The number of hydrogen-bond acceptors (Lipinski definition) is 4. The average Bonchev–Trinajstić information content (AvgIpc) is 3.03. The molecule has 24 heavy (non-hydrogen) atoms. The number of rotatable bonds is 3. The molecule has 1 fully saturated rings. The highest BCUT2D eigenvalue weighted by Gasteiger charge is 2.32. The zero-order valence-electron chi connectivity index (χ0n) is 13.7. The number of nitrogens with zero attached hydrogens (tertiary/aromatic N) is 4. The van der Waals surface area contributed by atoms with Gasteiger partial charge in [0.1, 0.15) is 0 Å². The molecule has 0 aromatic carbocycles. The molecule has 2 aromatic rings. The van der Waals surface area contributed by atoms with Gasteiger partial charge in [0.05, 0.1) is 34.2 Å². The Hall–Kier alpha value is -2.41. The Balaban J connectivity index is 1.72. The molecule has 7 nitrogen and oxygen atoms in total. The monoisotopic (exact) mass is 347 g/mol. The van der Waals surface area contributed by atoms with E-state index in [0.717, 1.165) is 11.4 Å². The van der Waals surface area contributed by atoms with Gasteiger partial charge in [-0.1, -0.05) is 11.6 Å². The van der Waals surface area contributed by atoms with Crippen molar-refractivity contribution >= 4 is 29.1 Å². The molecule has 1 unspecified atom stereocenters. The fourth-order valence-electron chi connectivity index (χ4n) is 2.72. The summed E-state index contributed by atoms with van der Waals surface area (Å²) in [5.74, 6) is 0.120. The minimum Gasteiger partial charge on any atom is -0.345 e. The van der Waals surface area contributed by atoms with Gasteiger partial charge in [0, 0.05) is 20.0 Å². The molecule has 1 aliphatic rings. The van der Waals surface area contributed by atoms with Crippen LogP contribution in [-0.4, -0.2) is 45.1 Å². The molecule has 3 rings (SSSR count). The summed E-state index contributed by atoms with van der Waals surface area (Å²) in [4.78, 5) is 29.6. The van der Waals surface area contributed by atoms with Crippen molar-refractivity contribution < 1.29 is 9.59 Å². The summed E-state index contributed by atoms with van der Waals surface area (Å²) in [7, 11) is 1.70. The molecule has 126 valence electrons. The van der Waals surface area contributed by atoms with Crippen LogP contribution in [0.2, 0.25) is 5.02 Å². The Kier molecular flexibility index (Phi) is 4.28. The van der Waals surface area contributed by atoms with Crippen LogP contribution in [0.5, 0.6) is 0 Å². The number of pyridine rings is 1. The SMILES string of the molecule is Cc1nn(-c2ccc(NC(=O)C3CC(=O)N(C)C3)cn2)c(C)c1Cl. The average molecular weight is 348 g/mol. The number of anilines is 1. The van der Waals surface area contributed by atoms with Crippen LogP contribution < -0.4 is 5.32 Å². The third-order valence-electron chi connectivity index (χ3n) is 4.15. The Labute approximate surface area is 144 Å². The Morgan fingerprint density at radius 2 is 2.12 bits per heavy atom. The van der Waals surface area contributed by atoms with Crippen molar-refractivity contribution in [1.82, 2.24) is 19.7 Å². The number of carbonyl (C=O) groups excluding carboxylic acids is 2. The van der Waals surface area contributed by atoms with Crippen molar-refractivity contribution in [2.75, 3.05) is 18.9 Å². The highest BCUT2D eigenvalue weighted by Crippen LogP contribution is 2.22. The third-order valence-corrected chi connectivity index (χ3v) is 4.69. The Bertz CT molecular complexity index is 800. The van der Waals surface area contributed by atoms with Gasteiger partial charge in [0.2, 0.25) is 11.8 Å². The lowest BCUT2D eigenvalue weighted by atomic mass is 10.1. The highest BCUT2D eigenvalue weighted by molar-refractivity contribution is 6.31. The zero-order valence-corrected chi connectivity index (χ0v) is 14.5. The summed E-state index contributed by atoms with van der Waals surface area (Å²) in [6.07, 6.45) is 1.82. The van der Waals surface area contributed by atoms with Crippen molar-refractivity contribution in [3.63, 3.8) is 0 Å². The van der Waals surface area contributed by atoms with E-state index in [0.29, 0.717) is 23.1 Å². The van der Waals surface area contributed by atoms with E-state index < -0.39 is 0 Å². The maximum atomic E-state index is 12.2. The quantitative estimate of drug-likeness (QED) is 0.920. The first-order valence-electron chi connectivity index (χ1n) is 7.59. The van der Waals surface area contributed by atoms with Gasteiger partial charge in [-0.25, -0.2) is 9.67 Å². The van der Waals surface area contributed by atoms with Crippen LogP contribution in [0, 0.1) is 19.8 Å². The summed E-state index contributed by atoms with van der Waals surface area (Å²) in [6.45, 7) is 4.15. The largest absolute Gasteiger partial charge is 0.345 e. The highest BCUT2D eigenvalue weighted by atomic mass is 35.5. The van der Waals surface area contributed by atoms with Crippen molar-refractivity contribution in [3.8, 4) is 5.82 Å². The number of halogens is 1. The lowest BCUT2D eigenvalue weighted by molar-refractivity contribution is -0.127. The van der Waals surface area contributed by atoms with Gasteiger partial charge in [-0.3, -0.25) is 9.59 Å². The molecule has 0 bridgehead atoms. The van der Waals surface area contributed by atoms with E-state index in [4.69, 9.17) is 11.6 Å². The molecule has 0 radical (unpaired) electrons. The second kappa shape index (κ2) is 6.24. The Morgan fingerprint density at radius 1 is 1.38 bits per heavy atom. The molecule has 8 heteroatoms. The molecule has 2 amide bonds. The summed E-state index contributed by atoms with van der Waals surface area (Å²) in [5.41, 5.74) is 2.13. The Morgan fingerprint density at radius 3 is 2.62 bits per heavy atom. The third kappa shape index (κ3) is 2.99. The lowest BCUT2D eigenvalue weighted by Gasteiger charge is -2.11. The molecular weight excluding hydrogens is 330 g/mol. The summed E-state index contributed by atoms with van der Waals surface area (Å²) >= 11 is 6.15. The number of aromatic nitrogens is 3.